The highest BCUT2D eigenvalue weighted by Gasteiger charge is 2.17. The van der Waals surface area contributed by atoms with Gasteiger partial charge < -0.3 is 5.11 Å². The fourth-order valence-corrected chi connectivity index (χ4v) is 3.29. The number of aromatic nitrogens is 1. The van der Waals surface area contributed by atoms with Crippen molar-refractivity contribution in [2.45, 2.75) is 4.90 Å². The maximum Gasteiger partial charge on any atom is 0.345 e. The predicted octanol–water partition coefficient (Wildman–Crippen LogP) is 1.51. The van der Waals surface area contributed by atoms with Crippen LogP contribution in [0.25, 0.3) is 0 Å². The largest absolute Gasteiger partial charge is 0.477 e. The molecule has 0 aromatic carbocycles. The lowest BCUT2D eigenvalue weighted by atomic mass is 10.4. The smallest absolute Gasteiger partial charge is 0.345 e. The summed E-state index contributed by atoms with van der Waals surface area (Å²) < 4.78 is 26.3. The third-order valence-electron chi connectivity index (χ3n) is 2.21. The van der Waals surface area contributed by atoms with E-state index in [1.54, 1.807) is 6.07 Å². The molecule has 0 amide bonds. The molecule has 0 unspecified atom stereocenters. The number of hydrogen-bond donors (Lipinski definition) is 2. The van der Waals surface area contributed by atoms with E-state index in [2.05, 4.69) is 9.71 Å². The van der Waals surface area contributed by atoms with Crippen molar-refractivity contribution in [2.75, 3.05) is 4.72 Å². The van der Waals surface area contributed by atoms with Crippen LogP contribution in [0.5, 0.6) is 0 Å². The number of pyridine rings is 1. The Labute approximate surface area is 118 Å². The van der Waals surface area contributed by atoms with Gasteiger partial charge in [-0.15, -0.1) is 11.3 Å². The summed E-state index contributed by atoms with van der Waals surface area (Å²) in [6, 6.07) is 6.99. The van der Waals surface area contributed by atoms with E-state index in [4.69, 9.17) is 10.4 Å². The zero-order valence-corrected chi connectivity index (χ0v) is 11.4. The van der Waals surface area contributed by atoms with E-state index >= 15 is 0 Å². The molecular weight excluding hydrogens is 302 g/mol. The number of rotatable bonds is 4. The Morgan fingerprint density at radius 3 is 2.60 bits per heavy atom. The van der Waals surface area contributed by atoms with Gasteiger partial charge >= 0.3 is 5.97 Å². The highest BCUT2D eigenvalue weighted by atomic mass is 32.2. The van der Waals surface area contributed by atoms with Crippen molar-refractivity contribution < 1.29 is 18.3 Å². The van der Waals surface area contributed by atoms with E-state index in [1.165, 1.54) is 24.3 Å². The number of nitrogens with zero attached hydrogens (tertiary/aromatic N) is 2. The van der Waals surface area contributed by atoms with Gasteiger partial charge in [-0.2, -0.15) is 5.26 Å². The van der Waals surface area contributed by atoms with Gasteiger partial charge in [0.1, 0.15) is 26.5 Å². The van der Waals surface area contributed by atoms with Gasteiger partial charge in [0.25, 0.3) is 10.0 Å². The van der Waals surface area contributed by atoms with Crippen molar-refractivity contribution in [1.29, 1.82) is 5.26 Å². The van der Waals surface area contributed by atoms with E-state index in [9.17, 15) is 13.2 Å². The number of nitrogens with one attached hydrogen (secondary N) is 1. The van der Waals surface area contributed by atoms with Gasteiger partial charge in [-0.25, -0.2) is 18.2 Å². The molecule has 0 saturated carbocycles. The van der Waals surface area contributed by atoms with Crippen LogP contribution in [0, 0.1) is 11.3 Å². The molecule has 0 aliphatic rings. The first-order valence-electron chi connectivity index (χ1n) is 5.14. The molecule has 2 N–H and O–H groups in total. The lowest BCUT2D eigenvalue weighted by Crippen LogP contribution is -2.12. The highest BCUT2D eigenvalue weighted by Crippen LogP contribution is 2.24. The molecule has 0 bridgehead atoms. The molecule has 2 heterocycles. The average Bonchev–Trinajstić information content (AvgIpc) is 2.87. The minimum Gasteiger partial charge on any atom is -0.477 e. The number of anilines is 1. The summed E-state index contributed by atoms with van der Waals surface area (Å²) in [5, 5.41) is 17.5. The van der Waals surface area contributed by atoms with Crippen molar-refractivity contribution in [3.8, 4) is 6.07 Å². The van der Waals surface area contributed by atoms with E-state index in [0.29, 0.717) is 0 Å². The molecule has 7 nitrogen and oxygen atoms in total. The number of thiophene rings is 1. The second kappa shape index (κ2) is 5.28. The molecule has 2 rings (SSSR count). The first-order valence-corrected chi connectivity index (χ1v) is 7.44. The number of carboxylic acids is 1. The van der Waals surface area contributed by atoms with E-state index in [0.717, 1.165) is 17.5 Å². The van der Waals surface area contributed by atoms with Crippen molar-refractivity contribution in [2.24, 2.45) is 0 Å². The third-order valence-corrected chi connectivity index (χ3v) is 4.68. The molecule has 20 heavy (non-hydrogen) atoms. The Balaban J connectivity index is 2.25. The fraction of sp³-hybridized carbons (Fsp3) is 0. The molecule has 0 radical (unpaired) electrons. The molecule has 0 aliphatic heterocycles. The molecule has 2 aromatic rings. The SMILES string of the molecule is N#Cc1ccc(S(=O)(=O)Nc2ccc(C(=O)O)s2)cn1. The Morgan fingerprint density at radius 2 is 2.10 bits per heavy atom. The minimum absolute atomic E-state index is 0.0284. The topological polar surface area (TPSA) is 120 Å². The molecule has 9 heteroatoms. The number of nitriles is 1. The van der Waals surface area contributed by atoms with Crippen LogP contribution in [0.4, 0.5) is 5.00 Å². The Kier molecular flexibility index (Phi) is 3.69. The number of carbonyl (C=O) groups is 1. The molecule has 0 fully saturated rings. The van der Waals surface area contributed by atoms with Gasteiger partial charge in [0.15, 0.2) is 0 Å². The first-order chi connectivity index (χ1) is 9.42. The third kappa shape index (κ3) is 2.93. The molecule has 0 atom stereocenters. The van der Waals surface area contributed by atoms with Crippen molar-refractivity contribution in [1.82, 2.24) is 4.98 Å². The molecular formula is C11H7N3O4S2. The van der Waals surface area contributed by atoms with Crippen LogP contribution in [0.15, 0.2) is 35.4 Å². The van der Waals surface area contributed by atoms with Crippen LogP contribution in [0.2, 0.25) is 0 Å². The number of aromatic carboxylic acids is 1. The van der Waals surface area contributed by atoms with Gasteiger partial charge in [0.05, 0.1) is 0 Å². The highest BCUT2D eigenvalue weighted by molar-refractivity contribution is 7.93. The summed E-state index contributed by atoms with van der Waals surface area (Å²) in [6.07, 6.45) is 1.06. The normalized spacial score (nSPS) is 10.8. The van der Waals surface area contributed by atoms with Crippen LogP contribution in [0.1, 0.15) is 15.4 Å². The molecule has 102 valence electrons. The van der Waals surface area contributed by atoms with Gasteiger partial charge in [-0.05, 0) is 24.3 Å². The summed E-state index contributed by atoms with van der Waals surface area (Å²) in [5.74, 6) is -1.12. The first kappa shape index (κ1) is 14.0. The zero-order valence-electron chi connectivity index (χ0n) is 9.77. The maximum absolute atomic E-state index is 12.0. The Bertz CT molecular complexity index is 788. The van der Waals surface area contributed by atoms with Crippen molar-refractivity contribution in [3.05, 3.63) is 41.0 Å². The molecule has 0 saturated heterocycles. The Hall–Kier alpha value is -2.44. The number of carboxylic acid groups (broad SMARTS) is 1. The lowest BCUT2D eigenvalue weighted by Gasteiger charge is -2.05. The summed E-state index contributed by atoms with van der Waals surface area (Å²) >= 11 is 0.808. The van der Waals surface area contributed by atoms with E-state index in [1.807, 2.05) is 0 Å². The summed E-state index contributed by atoms with van der Waals surface area (Å²) in [6.45, 7) is 0. The van der Waals surface area contributed by atoms with Gasteiger partial charge in [-0.1, -0.05) is 0 Å². The number of sulfonamides is 1. The van der Waals surface area contributed by atoms with Crippen LogP contribution in [-0.4, -0.2) is 24.5 Å². The number of hydrogen-bond acceptors (Lipinski definition) is 6. The summed E-state index contributed by atoms with van der Waals surface area (Å²) in [4.78, 5) is 14.3. The zero-order chi connectivity index (χ0) is 14.8. The predicted molar refractivity (Wildman–Crippen MR) is 71.0 cm³/mol. The van der Waals surface area contributed by atoms with Crippen LogP contribution in [-0.2, 0) is 10.0 Å². The summed E-state index contributed by atoms with van der Waals surface area (Å²) in [5.41, 5.74) is 0.105. The fourth-order valence-electron chi connectivity index (χ4n) is 1.30. The Morgan fingerprint density at radius 1 is 1.35 bits per heavy atom. The van der Waals surface area contributed by atoms with Gasteiger partial charge in [0.2, 0.25) is 0 Å². The second-order valence-corrected chi connectivity index (χ2v) is 6.33. The van der Waals surface area contributed by atoms with Crippen LogP contribution >= 0.6 is 11.3 Å². The quantitative estimate of drug-likeness (QED) is 0.883. The minimum atomic E-state index is -3.86. The van der Waals surface area contributed by atoms with Crippen LogP contribution in [0.3, 0.4) is 0 Å². The van der Waals surface area contributed by atoms with E-state index in [-0.39, 0.29) is 20.5 Å². The van der Waals surface area contributed by atoms with Crippen LogP contribution < -0.4 is 4.72 Å². The second-order valence-electron chi connectivity index (χ2n) is 3.57. The van der Waals surface area contributed by atoms with Gasteiger partial charge in [-0.3, -0.25) is 4.72 Å². The van der Waals surface area contributed by atoms with Crippen molar-refractivity contribution in [3.63, 3.8) is 0 Å². The standard InChI is InChI=1S/C11H7N3O4S2/c12-5-7-1-2-8(6-13-7)20(17,18)14-10-4-3-9(19-10)11(15)16/h1-4,6,14H,(H,15,16). The van der Waals surface area contributed by atoms with E-state index < -0.39 is 16.0 Å². The molecule has 2 aromatic heterocycles. The summed E-state index contributed by atoms with van der Waals surface area (Å²) in [7, 11) is -3.86. The molecule has 0 spiro atoms. The van der Waals surface area contributed by atoms with Crippen molar-refractivity contribution >= 4 is 32.3 Å². The average molecular weight is 309 g/mol. The maximum atomic E-state index is 12.0. The van der Waals surface area contributed by atoms with Gasteiger partial charge in [0, 0.05) is 6.20 Å². The molecule has 0 aliphatic carbocycles. The lowest BCUT2D eigenvalue weighted by molar-refractivity contribution is 0.0702. The monoisotopic (exact) mass is 309 g/mol.